The number of aromatic hydroxyl groups is 3. The Morgan fingerprint density at radius 3 is 1.67 bits per heavy atom. The fourth-order valence-corrected chi connectivity index (χ4v) is 4.09. The lowest BCUT2D eigenvalue weighted by atomic mass is 10.2. The van der Waals surface area contributed by atoms with Gasteiger partial charge in [-0.2, -0.15) is 0 Å². The Kier molecular flexibility index (Phi) is 6.15. The quantitative estimate of drug-likeness (QED) is 0.494. The number of phenolic OH excluding ortho intramolecular Hbond substituents is 3. The van der Waals surface area contributed by atoms with Crippen LogP contribution in [-0.2, 0) is 13.3 Å². The minimum atomic E-state index is -3.65. The fraction of sp³-hybridized carbons (Fsp3) is 0.462. The molecule has 0 amide bonds. The Balaban J connectivity index is 3.27. The first-order valence-electron chi connectivity index (χ1n) is 6.63. The van der Waals surface area contributed by atoms with Crippen LogP contribution >= 0.6 is 0 Å². The zero-order valence-corrected chi connectivity index (χ0v) is 13.3. The van der Waals surface area contributed by atoms with Gasteiger partial charge in [-0.05, 0) is 32.9 Å². The molecule has 0 unspecified atom stereocenters. The molecule has 3 N–H and O–H groups in total. The standard InChI is InChI=1S/C13H20O7Si/c1-4-18-21(19-5-2,20-6-3)13(17)9-7-10(14)12(16)11(15)8-9/h7-8,14-16H,4-6H2,1-3H3. The van der Waals surface area contributed by atoms with Crippen molar-refractivity contribution in [2.24, 2.45) is 0 Å². The predicted molar refractivity (Wildman–Crippen MR) is 76.4 cm³/mol. The van der Waals surface area contributed by atoms with E-state index in [9.17, 15) is 20.1 Å². The highest BCUT2D eigenvalue weighted by Crippen LogP contribution is 2.36. The number of hydrogen-bond acceptors (Lipinski definition) is 7. The molecule has 0 saturated carbocycles. The van der Waals surface area contributed by atoms with Gasteiger partial charge in [-0.25, -0.2) is 0 Å². The van der Waals surface area contributed by atoms with Crippen LogP contribution in [0.4, 0.5) is 0 Å². The van der Waals surface area contributed by atoms with Gasteiger partial charge in [-0.3, -0.25) is 4.79 Å². The summed E-state index contributed by atoms with van der Waals surface area (Å²) in [5, 5.41) is 27.8. The molecule has 1 aromatic carbocycles. The van der Waals surface area contributed by atoms with Crippen LogP contribution in [0.25, 0.3) is 0 Å². The van der Waals surface area contributed by atoms with Crippen LogP contribution in [0, 0.1) is 0 Å². The summed E-state index contributed by atoms with van der Waals surface area (Å²) in [6.07, 6.45) is 0. The zero-order valence-electron chi connectivity index (χ0n) is 12.3. The summed E-state index contributed by atoms with van der Waals surface area (Å²) in [5.41, 5.74) is -0.0511. The first-order chi connectivity index (χ1) is 9.91. The molecule has 0 aliphatic heterocycles. The van der Waals surface area contributed by atoms with Gasteiger partial charge in [0, 0.05) is 25.4 Å². The van der Waals surface area contributed by atoms with Gasteiger partial charge in [0.2, 0.25) is 5.41 Å². The van der Waals surface area contributed by atoms with E-state index in [0.717, 1.165) is 12.1 Å². The van der Waals surface area contributed by atoms with Gasteiger partial charge >= 0.3 is 8.80 Å². The molecule has 0 spiro atoms. The average Bonchev–Trinajstić information content (AvgIpc) is 2.44. The summed E-state index contributed by atoms with van der Waals surface area (Å²) in [4.78, 5) is 12.6. The Morgan fingerprint density at radius 2 is 1.33 bits per heavy atom. The normalized spacial score (nSPS) is 11.6. The van der Waals surface area contributed by atoms with Crippen molar-refractivity contribution >= 4 is 14.2 Å². The molecule has 21 heavy (non-hydrogen) atoms. The van der Waals surface area contributed by atoms with Crippen LogP contribution in [-0.4, -0.2) is 49.4 Å². The molecule has 0 bridgehead atoms. The largest absolute Gasteiger partial charge is 0.579 e. The molecular weight excluding hydrogens is 296 g/mol. The van der Waals surface area contributed by atoms with Gasteiger partial charge < -0.3 is 28.6 Å². The van der Waals surface area contributed by atoms with Crippen LogP contribution in [0.1, 0.15) is 31.1 Å². The Morgan fingerprint density at radius 1 is 0.952 bits per heavy atom. The second-order valence-electron chi connectivity index (χ2n) is 4.05. The number of carbonyl (C=O) groups is 1. The second-order valence-corrected chi connectivity index (χ2v) is 6.48. The van der Waals surface area contributed by atoms with E-state index >= 15 is 0 Å². The molecule has 0 saturated heterocycles. The summed E-state index contributed by atoms with van der Waals surface area (Å²) < 4.78 is 16.4. The SMILES string of the molecule is CCO[Si](OCC)(OCC)C(=O)c1cc(O)c(O)c(O)c1. The minimum Gasteiger partial charge on any atom is -0.504 e. The number of hydrogen-bond donors (Lipinski definition) is 3. The van der Waals surface area contributed by atoms with Crippen molar-refractivity contribution in [1.82, 2.24) is 0 Å². The number of rotatable bonds is 8. The summed E-state index contributed by atoms with van der Waals surface area (Å²) in [7, 11) is -3.65. The van der Waals surface area contributed by atoms with Crippen molar-refractivity contribution in [3.8, 4) is 17.2 Å². The maximum Gasteiger partial charge on any atom is 0.579 e. The van der Waals surface area contributed by atoms with Crippen molar-refractivity contribution in [1.29, 1.82) is 0 Å². The second kappa shape index (κ2) is 7.41. The van der Waals surface area contributed by atoms with Crippen LogP contribution in [0.3, 0.4) is 0 Å². The predicted octanol–water partition coefficient (Wildman–Crippen LogP) is 1.57. The fourth-order valence-electron chi connectivity index (χ4n) is 1.80. The first-order valence-corrected chi connectivity index (χ1v) is 8.35. The smallest absolute Gasteiger partial charge is 0.504 e. The highest BCUT2D eigenvalue weighted by atomic mass is 28.4. The summed E-state index contributed by atoms with van der Waals surface area (Å²) in [6.45, 7) is 5.77. The molecule has 0 atom stereocenters. The van der Waals surface area contributed by atoms with Crippen LogP contribution < -0.4 is 0 Å². The molecule has 118 valence electrons. The van der Waals surface area contributed by atoms with Crippen molar-refractivity contribution in [2.75, 3.05) is 19.8 Å². The average molecular weight is 316 g/mol. The highest BCUT2D eigenvalue weighted by Gasteiger charge is 2.50. The van der Waals surface area contributed by atoms with Gasteiger partial charge in [-0.1, -0.05) is 0 Å². The van der Waals surface area contributed by atoms with Crippen molar-refractivity contribution in [2.45, 2.75) is 20.8 Å². The zero-order chi connectivity index (χ0) is 16.0. The van der Waals surface area contributed by atoms with Crippen molar-refractivity contribution in [3.63, 3.8) is 0 Å². The van der Waals surface area contributed by atoms with Gasteiger partial charge in [0.15, 0.2) is 17.2 Å². The molecule has 1 aromatic rings. The molecule has 0 heterocycles. The third-order valence-corrected chi connectivity index (χ3v) is 5.46. The lowest BCUT2D eigenvalue weighted by Gasteiger charge is -2.26. The molecule has 8 heteroatoms. The van der Waals surface area contributed by atoms with Crippen molar-refractivity contribution < 1.29 is 33.4 Å². The third kappa shape index (κ3) is 3.73. The van der Waals surface area contributed by atoms with E-state index in [2.05, 4.69) is 0 Å². The lowest BCUT2D eigenvalue weighted by Crippen LogP contribution is -2.54. The van der Waals surface area contributed by atoms with E-state index in [1.165, 1.54) is 0 Å². The molecule has 0 radical (unpaired) electrons. The molecular formula is C13H20O7Si. The summed E-state index contributed by atoms with van der Waals surface area (Å²) in [6, 6.07) is 2.08. The Bertz CT molecular complexity index is 463. The first kappa shape index (κ1) is 17.4. The molecule has 7 nitrogen and oxygen atoms in total. The van der Waals surface area contributed by atoms with Gasteiger partial charge in [-0.15, -0.1) is 0 Å². The summed E-state index contributed by atoms with van der Waals surface area (Å²) >= 11 is 0. The van der Waals surface area contributed by atoms with E-state index in [0.29, 0.717) is 0 Å². The number of benzene rings is 1. The third-order valence-electron chi connectivity index (χ3n) is 2.61. The van der Waals surface area contributed by atoms with E-state index in [4.69, 9.17) is 13.3 Å². The highest BCUT2D eigenvalue weighted by molar-refractivity contribution is 6.94. The molecule has 0 aliphatic carbocycles. The topological polar surface area (TPSA) is 105 Å². The summed E-state index contributed by atoms with van der Waals surface area (Å²) in [5.74, 6) is -1.90. The monoisotopic (exact) mass is 316 g/mol. The Labute approximate surface area is 124 Å². The van der Waals surface area contributed by atoms with Gasteiger partial charge in [0.25, 0.3) is 0 Å². The van der Waals surface area contributed by atoms with Crippen LogP contribution in [0.15, 0.2) is 12.1 Å². The molecule has 0 aliphatic rings. The van der Waals surface area contributed by atoms with E-state index in [1.54, 1.807) is 20.8 Å². The minimum absolute atomic E-state index is 0.0511. The lowest BCUT2D eigenvalue weighted by molar-refractivity contribution is 0.0565. The van der Waals surface area contributed by atoms with E-state index in [-0.39, 0.29) is 25.4 Å². The molecule has 1 rings (SSSR count). The van der Waals surface area contributed by atoms with Gasteiger partial charge in [0.1, 0.15) is 0 Å². The van der Waals surface area contributed by atoms with E-state index in [1.807, 2.05) is 0 Å². The van der Waals surface area contributed by atoms with Gasteiger partial charge in [0.05, 0.1) is 0 Å². The Hall–Kier alpha value is -1.61. The molecule has 0 fully saturated rings. The van der Waals surface area contributed by atoms with Crippen LogP contribution in [0.2, 0.25) is 0 Å². The maximum atomic E-state index is 12.6. The van der Waals surface area contributed by atoms with Crippen molar-refractivity contribution in [3.05, 3.63) is 17.7 Å². The molecule has 0 aromatic heterocycles. The van der Waals surface area contributed by atoms with Crippen LogP contribution in [0.5, 0.6) is 17.2 Å². The number of phenols is 3. The van der Waals surface area contributed by atoms with E-state index < -0.39 is 31.5 Å². The maximum absolute atomic E-state index is 12.6. The number of carbonyl (C=O) groups excluding carboxylic acids is 1.